The topological polar surface area (TPSA) is 46.3 Å². The summed E-state index contributed by atoms with van der Waals surface area (Å²) < 4.78 is 38.2. The number of carbonyl (C=O) groups excluding carboxylic acids is 1. The molecule has 2 unspecified atom stereocenters. The first kappa shape index (κ1) is 17.6. The maximum absolute atomic E-state index is 13.0. The Balaban J connectivity index is 1.82. The Kier molecular flexibility index (Phi) is 4.59. The quantitative estimate of drug-likeness (QED) is 0.883. The maximum atomic E-state index is 13.0. The highest BCUT2D eigenvalue weighted by molar-refractivity contribution is 8.00. The molecular weight excluding hydrogens is 337 g/mol. The van der Waals surface area contributed by atoms with E-state index < -0.39 is 16.5 Å². The van der Waals surface area contributed by atoms with Crippen LogP contribution in [0.4, 0.5) is 13.2 Å². The van der Waals surface area contributed by atoms with Crippen molar-refractivity contribution >= 4 is 17.7 Å². The fourth-order valence-electron chi connectivity index (χ4n) is 3.71. The molecule has 0 bridgehead atoms. The van der Waals surface area contributed by atoms with E-state index in [0.29, 0.717) is 24.9 Å². The number of alkyl halides is 3. The Bertz CT molecular complexity index is 649. The number of hydrogen-bond donors (Lipinski definition) is 1. The van der Waals surface area contributed by atoms with Gasteiger partial charge in [0.25, 0.3) is 0 Å². The first-order valence-electron chi connectivity index (χ1n) is 8.04. The Labute approximate surface area is 143 Å². The van der Waals surface area contributed by atoms with Gasteiger partial charge in [0.05, 0.1) is 10.3 Å². The number of nitrogens with zero attached hydrogens (tertiary/aromatic N) is 1. The summed E-state index contributed by atoms with van der Waals surface area (Å²) in [7, 11) is 0. The van der Waals surface area contributed by atoms with Crippen molar-refractivity contribution in [1.29, 1.82) is 0 Å². The van der Waals surface area contributed by atoms with E-state index >= 15 is 0 Å². The van der Waals surface area contributed by atoms with Gasteiger partial charge < -0.3 is 10.6 Å². The highest BCUT2D eigenvalue weighted by atomic mass is 32.2. The van der Waals surface area contributed by atoms with Gasteiger partial charge in [-0.3, -0.25) is 4.79 Å². The summed E-state index contributed by atoms with van der Waals surface area (Å²) in [6.07, 6.45) is 0.333. The Morgan fingerprint density at radius 1 is 1.38 bits per heavy atom. The van der Waals surface area contributed by atoms with Crippen LogP contribution >= 0.6 is 11.8 Å². The van der Waals surface area contributed by atoms with E-state index in [2.05, 4.69) is 0 Å². The normalized spacial score (nSPS) is 27.2. The molecule has 3 rings (SSSR count). The van der Waals surface area contributed by atoms with Crippen LogP contribution in [0.25, 0.3) is 0 Å². The average molecular weight is 358 g/mol. The third kappa shape index (κ3) is 3.16. The molecule has 132 valence electrons. The number of carbonyl (C=O) groups is 1. The second kappa shape index (κ2) is 6.26. The van der Waals surface area contributed by atoms with Crippen LogP contribution in [0.3, 0.4) is 0 Å². The smallest absolute Gasteiger partial charge is 0.337 e. The van der Waals surface area contributed by atoms with Crippen LogP contribution in [0.15, 0.2) is 18.2 Å². The summed E-state index contributed by atoms with van der Waals surface area (Å²) in [4.78, 5) is 14.7. The molecule has 0 aromatic heterocycles. The molecular formula is C17H21F3N2OS. The van der Waals surface area contributed by atoms with Crippen molar-refractivity contribution in [3.8, 4) is 0 Å². The number of hydrogen-bond acceptors (Lipinski definition) is 3. The van der Waals surface area contributed by atoms with Gasteiger partial charge in [-0.2, -0.15) is 13.2 Å². The first-order valence-corrected chi connectivity index (χ1v) is 9.27. The molecule has 1 amide bonds. The molecule has 2 aliphatic rings. The van der Waals surface area contributed by atoms with E-state index in [1.807, 2.05) is 6.26 Å². The summed E-state index contributed by atoms with van der Waals surface area (Å²) in [5.41, 5.74) is 6.83. The van der Waals surface area contributed by atoms with Crippen LogP contribution in [0.1, 0.15) is 36.0 Å². The number of fused-ring (bicyclic) bond motifs is 1. The van der Waals surface area contributed by atoms with Gasteiger partial charge in [0.1, 0.15) is 0 Å². The fraction of sp³-hybridized carbons (Fsp3) is 0.588. The van der Waals surface area contributed by atoms with Gasteiger partial charge in [-0.25, -0.2) is 0 Å². The molecule has 24 heavy (non-hydrogen) atoms. The average Bonchev–Trinajstić information content (AvgIpc) is 2.95. The molecule has 1 aromatic rings. The Morgan fingerprint density at radius 3 is 2.71 bits per heavy atom. The Hall–Kier alpha value is -1.21. The number of benzene rings is 1. The third-order valence-corrected chi connectivity index (χ3v) is 6.45. The SMILES string of the molecule is CSC1(C(=O)N2CCc3ccc(C(F)(F)F)cc3C2)CCC(N)C1. The summed E-state index contributed by atoms with van der Waals surface area (Å²) >= 11 is 1.52. The number of halogens is 3. The van der Waals surface area contributed by atoms with Crippen molar-refractivity contribution in [2.75, 3.05) is 12.8 Å². The number of amides is 1. The van der Waals surface area contributed by atoms with Crippen LogP contribution < -0.4 is 5.73 Å². The van der Waals surface area contributed by atoms with Crippen molar-refractivity contribution in [3.05, 3.63) is 34.9 Å². The van der Waals surface area contributed by atoms with Gasteiger partial charge in [-0.1, -0.05) is 6.07 Å². The highest BCUT2D eigenvalue weighted by Gasteiger charge is 2.46. The van der Waals surface area contributed by atoms with Gasteiger partial charge in [-0.15, -0.1) is 11.8 Å². The monoisotopic (exact) mass is 358 g/mol. The number of thioether (sulfide) groups is 1. The minimum Gasteiger partial charge on any atom is -0.337 e. The zero-order valence-electron chi connectivity index (χ0n) is 13.5. The predicted molar refractivity (Wildman–Crippen MR) is 88.6 cm³/mol. The minimum atomic E-state index is -4.36. The summed E-state index contributed by atoms with van der Waals surface area (Å²) in [5.74, 6) is 0.0195. The largest absolute Gasteiger partial charge is 0.416 e. The van der Waals surface area contributed by atoms with Crippen molar-refractivity contribution in [2.45, 2.75) is 49.2 Å². The molecule has 1 saturated carbocycles. The van der Waals surface area contributed by atoms with Gasteiger partial charge in [0.15, 0.2) is 0 Å². The van der Waals surface area contributed by atoms with Crippen LogP contribution in [0.2, 0.25) is 0 Å². The summed E-state index contributed by atoms with van der Waals surface area (Å²) in [5, 5.41) is 0. The molecule has 1 fully saturated rings. The Morgan fingerprint density at radius 2 is 2.12 bits per heavy atom. The van der Waals surface area contributed by atoms with E-state index in [1.165, 1.54) is 23.9 Å². The second-order valence-corrected chi connectivity index (χ2v) is 7.85. The van der Waals surface area contributed by atoms with Gasteiger partial charge in [-0.05, 0) is 55.2 Å². The molecule has 2 N–H and O–H groups in total. The summed E-state index contributed by atoms with van der Waals surface area (Å²) in [6.45, 7) is 0.796. The molecule has 1 aliphatic carbocycles. The molecule has 1 aliphatic heterocycles. The van der Waals surface area contributed by atoms with Crippen LogP contribution in [-0.4, -0.2) is 34.4 Å². The third-order valence-electron chi connectivity index (χ3n) is 5.12. The molecule has 0 saturated heterocycles. The number of rotatable bonds is 2. The molecule has 3 nitrogen and oxygen atoms in total. The van der Waals surface area contributed by atoms with E-state index in [4.69, 9.17) is 5.73 Å². The van der Waals surface area contributed by atoms with E-state index in [0.717, 1.165) is 24.5 Å². The zero-order valence-corrected chi connectivity index (χ0v) is 14.3. The molecule has 0 spiro atoms. The van der Waals surface area contributed by atoms with E-state index in [-0.39, 0.29) is 18.5 Å². The predicted octanol–water partition coefficient (Wildman–Crippen LogP) is 3.20. The zero-order chi connectivity index (χ0) is 17.5. The van der Waals surface area contributed by atoms with Crippen LogP contribution in [-0.2, 0) is 23.9 Å². The van der Waals surface area contributed by atoms with E-state index in [9.17, 15) is 18.0 Å². The van der Waals surface area contributed by atoms with Crippen LogP contribution in [0.5, 0.6) is 0 Å². The van der Waals surface area contributed by atoms with Gasteiger partial charge in [0.2, 0.25) is 5.91 Å². The lowest BCUT2D eigenvalue weighted by atomic mass is 9.95. The molecule has 2 atom stereocenters. The lowest BCUT2D eigenvalue weighted by molar-refractivity contribution is -0.137. The number of nitrogens with two attached hydrogens (primary N) is 1. The van der Waals surface area contributed by atoms with Crippen molar-refractivity contribution in [3.63, 3.8) is 0 Å². The van der Waals surface area contributed by atoms with E-state index in [1.54, 1.807) is 4.90 Å². The lowest BCUT2D eigenvalue weighted by Gasteiger charge is -2.36. The highest BCUT2D eigenvalue weighted by Crippen LogP contribution is 2.42. The molecule has 7 heteroatoms. The summed E-state index contributed by atoms with van der Waals surface area (Å²) in [6, 6.07) is 3.86. The standard InChI is InChI=1S/C17H21F3N2OS/c1-24-16(6-4-14(21)9-16)15(23)22-7-5-11-2-3-13(17(18,19)20)8-12(11)10-22/h2-3,8,14H,4-7,9-10,21H2,1H3. The minimum absolute atomic E-state index is 0.0195. The second-order valence-electron chi connectivity index (χ2n) is 6.66. The van der Waals surface area contributed by atoms with Crippen molar-refractivity contribution in [1.82, 2.24) is 4.90 Å². The van der Waals surface area contributed by atoms with Gasteiger partial charge >= 0.3 is 6.18 Å². The molecule has 1 heterocycles. The van der Waals surface area contributed by atoms with Gasteiger partial charge in [0, 0.05) is 19.1 Å². The lowest BCUT2D eigenvalue weighted by Crippen LogP contribution is -2.47. The fourth-order valence-corrected chi connectivity index (χ4v) is 4.71. The molecule has 0 radical (unpaired) electrons. The van der Waals surface area contributed by atoms with Crippen molar-refractivity contribution < 1.29 is 18.0 Å². The molecule has 1 aromatic carbocycles. The first-order chi connectivity index (χ1) is 11.2. The van der Waals surface area contributed by atoms with Crippen LogP contribution in [0, 0.1) is 0 Å². The maximum Gasteiger partial charge on any atom is 0.416 e. The van der Waals surface area contributed by atoms with Crippen molar-refractivity contribution in [2.24, 2.45) is 5.73 Å².